The van der Waals surface area contributed by atoms with Crippen molar-refractivity contribution in [3.8, 4) is 0 Å². The zero-order chi connectivity index (χ0) is 4.57. The van der Waals surface area contributed by atoms with Crippen LogP contribution in [0.3, 0.4) is 0 Å². The van der Waals surface area contributed by atoms with Gasteiger partial charge in [0.15, 0.2) is 0 Å². The van der Waals surface area contributed by atoms with E-state index in [2.05, 4.69) is 22.9 Å². The fourth-order valence-electron chi connectivity index (χ4n) is 0.270. The third kappa shape index (κ3) is 1.24. The maximum absolute atomic E-state index is 5.50. The van der Waals surface area contributed by atoms with Crippen molar-refractivity contribution in [3.63, 3.8) is 0 Å². The molecular weight excluding hydrogens is 212 g/mol. The fraction of sp³-hybridized carbons (Fsp3) is 1.00. The van der Waals surface area contributed by atoms with Crippen LogP contribution in [0.2, 0.25) is 0 Å². The summed E-state index contributed by atoms with van der Waals surface area (Å²) in [6.45, 7) is 0. The Hall–Kier alpha value is 0.980. The number of hydrogen-bond donors (Lipinski definition) is 0. The van der Waals surface area contributed by atoms with Crippen molar-refractivity contribution in [2.75, 3.05) is 0 Å². The summed E-state index contributed by atoms with van der Waals surface area (Å²) >= 11 is 7.59. The minimum Gasteiger partial charge on any atom is -0.157 e. The summed E-state index contributed by atoms with van der Waals surface area (Å²) in [6, 6.07) is 0.687. The average molecular weight is 217 g/mol. The molecule has 1 saturated carbocycles. The third-order valence-corrected chi connectivity index (χ3v) is 1.89. The highest BCUT2D eigenvalue weighted by Crippen LogP contribution is 2.30. The van der Waals surface area contributed by atoms with Crippen molar-refractivity contribution in [3.05, 3.63) is 0 Å². The number of hydrogen-bond acceptors (Lipinski definition) is 1. The van der Waals surface area contributed by atoms with Gasteiger partial charge in [-0.05, 0) is 24.6 Å². The van der Waals surface area contributed by atoms with Crippen LogP contribution in [0.25, 0.3) is 0 Å². The van der Waals surface area contributed by atoms with Gasteiger partial charge in [-0.15, -0.1) is 0 Å². The molecule has 0 unspecified atom stereocenters. The molecule has 0 atom stereocenters. The molecular formula is C3H5ClIN. The van der Waals surface area contributed by atoms with E-state index in [1.54, 1.807) is 2.63 Å². The van der Waals surface area contributed by atoms with Gasteiger partial charge in [-0.3, -0.25) is 0 Å². The van der Waals surface area contributed by atoms with E-state index in [1.165, 1.54) is 12.8 Å². The van der Waals surface area contributed by atoms with Crippen LogP contribution >= 0.6 is 34.6 Å². The van der Waals surface area contributed by atoms with Crippen LogP contribution in [-0.2, 0) is 0 Å². The van der Waals surface area contributed by atoms with Crippen molar-refractivity contribution in [1.29, 1.82) is 0 Å². The zero-order valence-electron chi connectivity index (χ0n) is 3.19. The minimum absolute atomic E-state index is 0.687. The third-order valence-electron chi connectivity index (χ3n) is 0.823. The Morgan fingerprint density at radius 2 is 2.17 bits per heavy atom. The molecule has 0 aromatic rings. The molecule has 0 aromatic heterocycles. The first-order valence-electron chi connectivity index (χ1n) is 1.91. The maximum atomic E-state index is 5.50. The van der Waals surface area contributed by atoms with Gasteiger partial charge in [-0.2, -0.15) is 2.63 Å². The van der Waals surface area contributed by atoms with E-state index >= 15 is 0 Å². The van der Waals surface area contributed by atoms with Gasteiger partial charge < -0.3 is 0 Å². The Balaban J connectivity index is 2.13. The van der Waals surface area contributed by atoms with Gasteiger partial charge in [0.2, 0.25) is 0 Å². The molecule has 0 saturated heterocycles. The van der Waals surface area contributed by atoms with Gasteiger partial charge >= 0.3 is 0 Å². The van der Waals surface area contributed by atoms with Crippen LogP contribution in [0.4, 0.5) is 0 Å². The van der Waals surface area contributed by atoms with Gasteiger partial charge in [-0.1, -0.05) is 0 Å². The first kappa shape index (κ1) is 5.12. The maximum Gasteiger partial charge on any atom is 0.0373 e. The molecule has 0 radical (unpaired) electrons. The summed E-state index contributed by atoms with van der Waals surface area (Å²) in [5, 5.41) is 0. The largest absolute Gasteiger partial charge is 0.157 e. The molecule has 1 aliphatic rings. The van der Waals surface area contributed by atoms with Gasteiger partial charge in [0, 0.05) is 28.9 Å². The normalized spacial score (nSPS) is 22.5. The van der Waals surface area contributed by atoms with E-state index in [4.69, 9.17) is 11.8 Å². The second-order valence-electron chi connectivity index (χ2n) is 1.49. The first-order valence-corrected chi connectivity index (χ1v) is 3.22. The predicted molar refractivity (Wildman–Crippen MR) is 34.7 cm³/mol. The lowest BCUT2D eigenvalue weighted by molar-refractivity contribution is 0.762. The summed E-state index contributed by atoms with van der Waals surface area (Å²) in [7, 11) is 0. The van der Waals surface area contributed by atoms with E-state index in [1.807, 2.05) is 0 Å². The summed E-state index contributed by atoms with van der Waals surface area (Å²) in [6.07, 6.45) is 2.57. The van der Waals surface area contributed by atoms with Crippen LogP contribution in [-0.4, -0.2) is 8.67 Å². The van der Waals surface area contributed by atoms with Crippen LogP contribution in [0.15, 0.2) is 0 Å². The number of halogens is 2. The van der Waals surface area contributed by atoms with Crippen LogP contribution in [0, 0.1) is 0 Å². The van der Waals surface area contributed by atoms with Crippen LogP contribution < -0.4 is 0 Å². The molecule has 0 aliphatic heterocycles. The molecule has 3 heteroatoms. The molecule has 0 bridgehead atoms. The lowest BCUT2D eigenvalue weighted by Gasteiger charge is -1.95. The predicted octanol–water partition coefficient (Wildman–Crippen LogP) is 1.95. The summed E-state index contributed by atoms with van der Waals surface area (Å²) in [5.74, 6) is 0. The Labute approximate surface area is 56.3 Å². The standard InChI is InChI=1S/C3H5ClIN/c4-6(5)3-1-2-3/h3H,1-2H2. The Bertz CT molecular complexity index is 52.8. The Morgan fingerprint density at radius 3 is 2.17 bits per heavy atom. The van der Waals surface area contributed by atoms with Gasteiger partial charge in [0.1, 0.15) is 0 Å². The molecule has 1 fully saturated rings. The van der Waals surface area contributed by atoms with E-state index in [9.17, 15) is 0 Å². The van der Waals surface area contributed by atoms with Crippen molar-refractivity contribution in [1.82, 2.24) is 2.63 Å². The van der Waals surface area contributed by atoms with Crippen molar-refractivity contribution < 1.29 is 0 Å². The monoisotopic (exact) mass is 217 g/mol. The highest BCUT2D eigenvalue weighted by molar-refractivity contribution is 14.1. The molecule has 0 heterocycles. The highest BCUT2D eigenvalue weighted by atomic mass is 127. The average Bonchev–Trinajstić information content (AvgIpc) is 2.06. The number of nitrogens with zero attached hydrogens (tertiary/aromatic N) is 1. The molecule has 36 valence electrons. The molecule has 0 amide bonds. The molecule has 0 spiro atoms. The van der Waals surface area contributed by atoms with E-state index < -0.39 is 0 Å². The second-order valence-corrected chi connectivity index (χ2v) is 3.46. The lowest BCUT2D eigenvalue weighted by Crippen LogP contribution is -1.95. The number of rotatable bonds is 1. The van der Waals surface area contributed by atoms with Crippen LogP contribution in [0.5, 0.6) is 0 Å². The summed E-state index contributed by atoms with van der Waals surface area (Å²) < 4.78 is 1.72. The van der Waals surface area contributed by atoms with Gasteiger partial charge in [-0.25, -0.2) is 0 Å². The van der Waals surface area contributed by atoms with E-state index in [0.717, 1.165) is 0 Å². The quantitative estimate of drug-likeness (QED) is 0.479. The lowest BCUT2D eigenvalue weighted by atomic mass is 10.8. The topological polar surface area (TPSA) is 3.24 Å². The van der Waals surface area contributed by atoms with Crippen LogP contribution in [0.1, 0.15) is 12.8 Å². The van der Waals surface area contributed by atoms with E-state index in [0.29, 0.717) is 6.04 Å². The molecule has 1 rings (SSSR count). The Kier molecular flexibility index (Phi) is 1.57. The Morgan fingerprint density at radius 1 is 1.67 bits per heavy atom. The van der Waals surface area contributed by atoms with Gasteiger partial charge in [0.05, 0.1) is 0 Å². The second kappa shape index (κ2) is 1.84. The van der Waals surface area contributed by atoms with Gasteiger partial charge in [0.25, 0.3) is 0 Å². The van der Waals surface area contributed by atoms with Crippen molar-refractivity contribution in [2.45, 2.75) is 18.9 Å². The van der Waals surface area contributed by atoms with Crippen molar-refractivity contribution in [2.24, 2.45) is 0 Å². The molecule has 6 heavy (non-hydrogen) atoms. The molecule has 0 N–H and O–H groups in total. The highest BCUT2D eigenvalue weighted by Gasteiger charge is 2.25. The molecule has 1 nitrogen and oxygen atoms in total. The minimum atomic E-state index is 0.687. The summed E-state index contributed by atoms with van der Waals surface area (Å²) in [4.78, 5) is 0. The SMILES string of the molecule is ClN(I)C1CC1. The molecule has 1 aliphatic carbocycles. The van der Waals surface area contributed by atoms with Crippen molar-refractivity contribution >= 4 is 34.6 Å². The molecule has 0 aromatic carbocycles. The smallest absolute Gasteiger partial charge is 0.0373 e. The fourth-order valence-corrected chi connectivity index (χ4v) is 1.02. The zero-order valence-corrected chi connectivity index (χ0v) is 6.11. The summed E-state index contributed by atoms with van der Waals surface area (Å²) in [5.41, 5.74) is 0. The first-order chi connectivity index (χ1) is 2.80. The van der Waals surface area contributed by atoms with E-state index in [-0.39, 0.29) is 0 Å².